The molecular weight excluding hydrogens is 420 g/mol. The van der Waals surface area contributed by atoms with Crippen molar-refractivity contribution < 1.29 is 14.7 Å². The maximum absolute atomic E-state index is 14.3. The lowest BCUT2D eigenvalue weighted by Gasteiger charge is -2.71. The number of Topliss-reactive ketones (excluding diaryl/α,β-unsaturated/α-hetero) is 1. The van der Waals surface area contributed by atoms with Gasteiger partial charge in [0.05, 0.1) is 0 Å². The van der Waals surface area contributed by atoms with E-state index in [1.807, 2.05) is 0 Å². The normalized spacial score (nSPS) is 51.5. The standard InChI is InChI=1S/C31H48O3/c1-19-15-24(34)27(4,5)23-9-10-29(7)25(30(19,23)8)22(33)16-20-21-17-26(2,3)11-13-31(21,18-32)14-12-28(20,29)6/h16,19,21,23,25,32H,9-15,17-18H2,1-8H3/t19?,21-,23-,25-,28+,29+,30-,31+/m0/s1. The molecule has 0 heterocycles. The van der Waals surface area contributed by atoms with E-state index in [0.29, 0.717) is 23.9 Å². The summed E-state index contributed by atoms with van der Waals surface area (Å²) in [5.41, 5.74) is 0.899. The van der Waals surface area contributed by atoms with E-state index < -0.39 is 0 Å². The Morgan fingerprint density at radius 2 is 1.59 bits per heavy atom. The third-order valence-corrected chi connectivity index (χ3v) is 13.2. The van der Waals surface area contributed by atoms with E-state index in [9.17, 15) is 14.7 Å². The van der Waals surface area contributed by atoms with Crippen LogP contribution in [-0.2, 0) is 9.59 Å². The van der Waals surface area contributed by atoms with Crippen molar-refractivity contribution in [3.8, 4) is 0 Å². The molecule has 34 heavy (non-hydrogen) atoms. The van der Waals surface area contributed by atoms with Gasteiger partial charge in [0.1, 0.15) is 5.78 Å². The number of carbonyl (C=O) groups excluding carboxylic acids is 2. The summed E-state index contributed by atoms with van der Waals surface area (Å²) in [6, 6.07) is 0. The fourth-order valence-electron chi connectivity index (χ4n) is 10.5. The molecule has 5 aliphatic rings. The monoisotopic (exact) mass is 468 g/mol. The van der Waals surface area contributed by atoms with Crippen molar-refractivity contribution in [3.05, 3.63) is 11.6 Å². The molecule has 3 nitrogen and oxygen atoms in total. The van der Waals surface area contributed by atoms with E-state index in [2.05, 4.69) is 61.5 Å². The zero-order valence-electron chi connectivity index (χ0n) is 23.0. The minimum absolute atomic E-state index is 0.0262. The van der Waals surface area contributed by atoms with Crippen LogP contribution in [0.1, 0.15) is 107 Å². The van der Waals surface area contributed by atoms with Crippen molar-refractivity contribution in [3.63, 3.8) is 0 Å². The highest BCUT2D eigenvalue weighted by molar-refractivity contribution is 5.96. The highest BCUT2D eigenvalue weighted by Crippen LogP contribution is 2.75. The Bertz CT molecular complexity index is 958. The number of hydrogen-bond acceptors (Lipinski definition) is 3. The first kappa shape index (κ1) is 24.7. The molecule has 1 N–H and O–H groups in total. The van der Waals surface area contributed by atoms with Crippen LogP contribution in [0.3, 0.4) is 0 Å². The van der Waals surface area contributed by atoms with Crippen molar-refractivity contribution in [1.29, 1.82) is 0 Å². The van der Waals surface area contributed by atoms with E-state index in [-0.39, 0.29) is 56.9 Å². The van der Waals surface area contributed by atoms with Crippen molar-refractivity contribution in [1.82, 2.24) is 0 Å². The highest BCUT2D eigenvalue weighted by Gasteiger charge is 2.71. The zero-order chi connectivity index (χ0) is 25.1. The number of rotatable bonds is 1. The van der Waals surface area contributed by atoms with Gasteiger partial charge < -0.3 is 5.11 Å². The molecule has 0 bridgehead atoms. The molecule has 0 radical (unpaired) electrons. The van der Waals surface area contributed by atoms with Gasteiger partial charge in [-0.05, 0) is 90.4 Å². The SMILES string of the molecule is CC1CC(=O)C(C)(C)[C@@H]2CC[C@]3(C)[C@H](C(=O)C=C4[C@@H]5CC(C)(C)CC[C@]5(CO)CC[C@]43C)[C@@]12C. The second-order valence-electron chi connectivity index (χ2n) is 15.3. The molecule has 8 atom stereocenters. The predicted molar refractivity (Wildman–Crippen MR) is 136 cm³/mol. The molecule has 4 saturated carbocycles. The van der Waals surface area contributed by atoms with Gasteiger partial charge in [0, 0.05) is 29.8 Å². The predicted octanol–water partition coefficient (Wildman–Crippen LogP) is 6.77. The van der Waals surface area contributed by atoms with Crippen LogP contribution < -0.4 is 0 Å². The fourth-order valence-corrected chi connectivity index (χ4v) is 10.5. The molecular formula is C31H48O3. The molecule has 0 spiro atoms. The second kappa shape index (κ2) is 7.08. The van der Waals surface area contributed by atoms with Gasteiger partial charge >= 0.3 is 0 Å². The van der Waals surface area contributed by atoms with Crippen LogP contribution in [0.5, 0.6) is 0 Å². The summed E-state index contributed by atoms with van der Waals surface area (Å²) in [7, 11) is 0. The third-order valence-electron chi connectivity index (χ3n) is 13.2. The number of aliphatic hydroxyl groups excluding tert-OH is 1. The average molecular weight is 469 g/mol. The summed E-state index contributed by atoms with van der Waals surface area (Å²) < 4.78 is 0. The largest absolute Gasteiger partial charge is 0.396 e. The van der Waals surface area contributed by atoms with Crippen molar-refractivity contribution in [2.75, 3.05) is 6.61 Å². The number of allylic oxidation sites excluding steroid dienone is 2. The number of aliphatic hydroxyl groups is 1. The smallest absolute Gasteiger partial charge is 0.159 e. The molecule has 1 unspecified atom stereocenters. The van der Waals surface area contributed by atoms with Crippen LogP contribution in [0.25, 0.3) is 0 Å². The van der Waals surface area contributed by atoms with E-state index in [4.69, 9.17) is 0 Å². The number of fused-ring (bicyclic) bond motifs is 7. The van der Waals surface area contributed by atoms with Gasteiger partial charge in [0.15, 0.2) is 5.78 Å². The Morgan fingerprint density at radius 3 is 2.24 bits per heavy atom. The van der Waals surface area contributed by atoms with Gasteiger partial charge in [0.2, 0.25) is 0 Å². The average Bonchev–Trinajstić information content (AvgIpc) is 2.74. The van der Waals surface area contributed by atoms with Gasteiger partial charge in [-0.3, -0.25) is 9.59 Å². The lowest BCUT2D eigenvalue weighted by molar-refractivity contribution is -0.201. The van der Waals surface area contributed by atoms with Gasteiger partial charge in [-0.15, -0.1) is 0 Å². The summed E-state index contributed by atoms with van der Waals surface area (Å²) in [6.07, 6.45) is 10.2. The van der Waals surface area contributed by atoms with Crippen LogP contribution in [0.2, 0.25) is 0 Å². The summed E-state index contributed by atoms with van der Waals surface area (Å²) >= 11 is 0. The van der Waals surface area contributed by atoms with Gasteiger partial charge in [-0.25, -0.2) is 0 Å². The van der Waals surface area contributed by atoms with Crippen molar-refractivity contribution in [2.24, 2.45) is 56.2 Å². The molecule has 0 aromatic carbocycles. The van der Waals surface area contributed by atoms with E-state index >= 15 is 0 Å². The Labute approximate surface area is 207 Å². The molecule has 0 aromatic rings. The lowest BCUT2D eigenvalue weighted by atomic mass is 9.32. The number of carbonyl (C=O) groups is 2. The molecule has 5 aliphatic carbocycles. The van der Waals surface area contributed by atoms with Gasteiger partial charge in [-0.2, -0.15) is 0 Å². The first-order valence-corrected chi connectivity index (χ1v) is 14.0. The second-order valence-corrected chi connectivity index (χ2v) is 15.3. The van der Waals surface area contributed by atoms with Gasteiger partial charge in [0.25, 0.3) is 0 Å². The highest BCUT2D eigenvalue weighted by atomic mass is 16.3. The van der Waals surface area contributed by atoms with Crippen molar-refractivity contribution in [2.45, 2.75) is 107 Å². The maximum Gasteiger partial charge on any atom is 0.159 e. The minimum Gasteiger partial charge on any atom is -0.396 e. The molecule has 0 saturated heterocycles. The van der Waals surface area contributed by atoms with E-state index in [0.717, 1.165) is 44.9 Å². The summed E-state index contributed by atoms with van der Waals surface area (Å²) in [4.78, 5) is 27.4. The molecule has 0 aromatic heterocycles. The molecule has 0 amide bonds. The lowest BCUT2D eigenvalue weighted by Crippen LogP contribution is -2.68. The van der Waals surface area contributed by atoms with Crippen molar-refractivity contribution >= 4 is 11.6 Å². The fraction of sp³-hybridized carbons (Fsp3) is 0.871. The molecule has 5 rings (SSSR count). The van der Waals surface area contributed by atoms with Crippen LogP contribution in [0, 0.1) is 56.2 Å². The molecule has 3 heteroatoms. The Morgan fingerprint density at radius 1 is 0.941 bits per heavy atom. The van der Waals surface area contributed by atoms with Gasteiger partial charge in [-0.1, -0.05) is 61.0 Å². The third kappa shape index (κ3) is 2.80. The first-order chi connectivity index (χ1) is 15.6. The maximum atomic E-state index is 14.3. The summed E-state index contributed by atoms with van der Waals surface area (Å²) in [5, 5.41) is 10.7. The molecule has 4 fully saturated rings. The topological polar surface area (TPSA) is 54.4 Å². The van der Waals surface area contributed by atoms with E-state index in [1.54, 1.807) is 0 Å². The summed E-state index contributed by atoms with van der Waals surface area (Å²) in [5.74, 6) is 1.44. The Kier molecular flexibility index (Phi) is 5.15. The Balaban J connectivity index is 1.66. The van der Waals surface area contributed by atoms with Crippen LogP contribution >= 0.6 is 0 Å². The Hall–Kier alpha value is -0.960. The van der Waals surface area contributed by atoms with Crippen LogP contribution in [0.15, 0.2) is 11.6 Å². The summed E-state index contributed by atoms with van der Waals surface area (Å²) in [6.45, 7) is 18.8. The first-order valence-electron chi connectivity index (χ1n) is 14.0. The molecule has 0 aliphatic heterocycles. The quantitative estimate of drug-likeness (QED) is 0.462. The van der Waals surface area contributed by atoms with Crippen LogP contribution in [0.4, 0.5) is 0 Å². The van der Waals surface area contributed by atoms with E-state index in [1.165, 1.54) is 5.57 Å². The van der Waals surface area contributed by atoms with Crippen LogP contribution in [-0.4, -0.2) is 23.3 Å². The molecule has 190 valence electrons. The number of ketones is 2. The zero-order valence-corrected chi connectivity index (χ0v) is 23.0. The minimum atomic E-state index is -0.361. The number of hydrogen-bond donors (Lipinski definition) is 1.